The molecule has 6 nitrogen and oxygen atoms in total. The van der Waals surface area contributed by atoms with Gasteiger partial charge in [-0.05, 0) is 83.6 Å². The van der Waals surface area contributed by atoms with Crippen LogP contribution in [0.1, 0.15) is 47.9 Å². The van der Waals surface area contributed by atoms with Crippen LogP contribution in [0.3, 0.4) is 0 Å². The zero-order valence-electron chi connectivity index (χ0n) is 24.7. The Kier molecular flexibility index (Phi) is 7.84. The first kappa shape index (κ1) is 28.1. The van der Waals surface area contributed by atoms with Crippen LogP contribution in [0.15, 0.2) is 97.1 Å². The Labute approximate surface area is 248 Å². The average Bonchev–Trinajstić information content (AvgIpc) is 3.08. The molecule has 1 aliphatic carbocycles. The summed E-state index contributed by atoms with van der Waals surface area (Å²) in [7, 11) is 6.74. The summed E-state index contributed by atoms with van der Waals surface area (Å²) in [6.07, 6.45) is 4.19. The highest BCUT2D eigenvalue weighted by Crippen LogP contribution is 2.61. The minimum absolute atomic E-state index is 0.103. The van der Waals surface area contributed by atoms with Crippen molar-refractivity contribution in [2.45, 2.75) is 36.9 Å². The molecule has 0 radical (unpaired) electrons. The highest BCUT2D eigenvalue weighted by molar-refractivity contribution is 5.47. The van der Waals surface area contributed by atoms with Gasteiger partial charge in [-0.25, -0.2) is 9.78 Å². The molecule has 2 atom stereocenters. The van der Waals surface area contributed by atoms with Crippen molar-refractivity contribution in [1.29, 1.82) is 0 Å². The van der Waals surface area contributed by atoms with Gasteiger partial charge in [-0.3, -0.25) is 0 Å². The van der Waals surface area contributed by atoms with E-state index in [-0.39, 0.29) is 11.8 Å². The summed E-state index contributed by atoms with van der Waals surface area (Å²) in [5.41, 5.74) is 2.44. The van der Waals surface area contributed by atoms with E-state index in [1.165, 1.54) is 0 Å². The second-order valence-electron chi connectivity index (χ2n) is 11.0. The van der Waals surface area contributed by atoms with E-state index in [0.717, 1.165) is 70.9 Å². The fourth-order valence-corrected chi connectivity index (χ4v) is 7.10. The van der Waals surface area contributed by atoms with E-state index < -0.39 is 11.2 Å². The number of rotatable bonds is 8. The van der Waals surface area contributed by atoms with Gasteiger partial charge < -0.3 is 18.9 Å². The molecule has 0 N–H and O–H groups in total. The highest BCUT2D eigenvalue weighted by Gasteiger charge is 2.61. The first-order valence-electron chi connectivity index (χ1n) is 14.5. The predicted octanol–water partition coefficient (Wildman–Crippen LogP) is 7.68. The van der Waals surface area contributed by atoms with Gasteiger partial charge in [0.05, 0.1) is 28.4 Å². The van der Waals surface area contributed by atoms with E-state index in [0.29, 0.717) is 0 Å². The number of benzene rings is 4. The standard InChI is InChI=1S/C36H38O6/c1-37-29-17-9-25(10-18-29)35(26-11-19-30(38-2)20-12-26)33-7-5-6-8-34(33)36(42-41-35,27-13-21-31(39-3)22-14-27)28-15-23-32(40-4)24-16-28/h9-24,33-34H,5-8H2,1-4H3/t33-,34-/m0/s1. The van der Waals surface area contributed by atoms with Gasteiger partial charge in [0, 0.05) is 11.8 Å². The smallest absolute Gasteiger partial charge is 0.157 e. The van der Waals surface area contributed by atoms with Crippen molar-refractivity contribution in [3.63, 3.8) is 0 Å². The molecule has 1 saturated carbocycles. The van der Waals surface area contributed by atoms with Crippen LogP contribution >= 0.6 is 0 Å². The fourth-order valence-electron chi connectivity index (χ4n) is 7.10. The molecule has 0 unspecified atom stereocenters. The molecule has 6 rings (SSSR count). The molecule has 4 aromatic rings. The lowest BCUT2D eigenvalue weighted by molar-refractivity contribution is -0.464. The Morgan fingerprint density at radius 2 is 0.667 bits per heavy atom. The van der Waals surface area contributed by atoms with Crippen molar-refractivity contribution < 1.29 is 28.7 Å². The molecular weight excluding hydrogens is 528 g/mol. The van der Waals surface area contributed by atoms with Gasteiger partial charge >= 0.3 is 0 Å². The number of hydrogen-bond acceptors (Lipinski definition) is 6. The lowest BCUT2D eigenvalue weighted by Gasteiger charge is -2.57. The van der Waals surface area contributed by atoms with Crippen LogP contribution in [-0.4, -0.2) is 28.4 Å². The summed E-state index contributed by atoms with van der Waals surface area (Å²) in [5, 5.41) is 0. The van der Waals surface area contributed by atoms with Gasteiger partial charge in [0.1, 0.15) is 23.0 Å². The van der Waals surface area contributed by atoms with Crippen molar-refractivity contribution in [1.82, 2.24) is 0 Å². The number of hydrogen-bond donors (Lipinski definition) is 0. The topological polar surface area (TPSA) is 55.4 Å². The minimum Gasteiger partial charge on any atom is -0.497 e. The summed E-state index contributed by atoms with van der Waals surface area (Å²) in [6.45, 7) is 0. The Morgan fingerprint density at radius 1 is 0.429 bits per heavy atom. The second kappa shape index (κ2) is 11.7. The normalized spacial score (nSPS) is 20.7. The van der Waals surface area contributed by atoms with Crippen molar-refractivity contribution in [3.05, 3.63) is 119 Å². The highest BCUT2D eigenvalue weighted by atomic mass is 17.2. The zero-order valence-corrected chi connectivity index (χ0v) is 24.7. The van der Waals surface area contributed by atoms with Crippen LogP contribution in [-0.2, 0) is 21.0 Å². The maximum Gasteiger partial charge on any atom is 0.157 e. The largest absolute Gasteiger partial charge is 0.497 e. The Bertz CT molecular complexity index is 1250. The summed E-state index contributed by atoms with van der Waals surface area (Å²) >= 11 is 0. The quantitative estimate of drug-likeness (QED) is 0.204. The van der Waals surface area contributed by atoms with Crippen molar-refractivity contribution in [3.8, 4) is 23.0 Å². The zero-order chi connectivity index (χ0) is 29.2. The van der Waals surface area contributed by atoms with Crippen LogP contribution in [0.2, 0.25) is 0 Å². The summed E-state index contributed by atoms with van der Waals surface area (Å²) in [6, 6.07) is 32.8. The van der Waals surface area contributed by atoms with Crippen LogP contribution < -0.4 is 18.9 Å². The van der Waals surface area contributed by atoms with Gasteiger partial charge in [-0.1, -0.05) is 61.4 Å². The van der Waals surface area contributed by atoms with E-state index in [1.807, 2.05) is 48.5 Å². The molecule has 0 amide bonds. The van der Waals surface area contributed by atoms with Crippen molar-refractivity contribution in [2.75, 3.05) is 28.4 Å². The molecule has 218 valence electrons. The first-order chi connectivity index (χ1) is 20.6. The molecular formula is C36H38O6. The molecule has 2 fully saturated rings. The molecule has 1 aliphatic heterocycles. The molecule has 2 aliphatic rings. The Morgan fingerprint density at radius 3 is 0.881 bits per heavy atom. The predicted molar refractivity (Wildman–Crippen MR) is 161 cm³/mol. The molecule has 4 aromatic carbocycles. The number of methoxy groups -OCH3 is 4. The summed E-state index contributed by atoms with van der Waals surface area (Å²) in [4.78, 5) is 13.9. The molecule has 0 bridgehead atoms. The minimum atomic E-state index is -0.841. The van der Waals surface area contributed by atoms with E-state index in [4.69, 9.17) is 28.7 Å². The van der Waals surface area contributed by atoms with Crippen molar-refractivity contribution >= 4 is 0 Å². The van der Waals surface area contributed by atoms with Gasteiger partial charge in [-0.2, -0.15) is 0 Å². The molecule has 1 saturated heterocycles. The fraction of sp³-hybridized carbons (Fsp3) is 0.333. The van der Waals surface area contributed by atoms with Gasteiger partial charge in [-0.15, -0.1) is 0 Å². The third kappa shape index (κ3) is 4.59. The van der Waals surface area contributed by atoms with E-state index in [2.05, 4.69) is 48.5 Å². The first-order valence-corrected chi connectivity index (χ1v) is 14.5. The average molecular weight is 567 g/mol. The molecule has 0 aromatic heterocycles. The third-order valence-corrected chi connectivity index (χ3v) is 9.19. The number of ether oxygens (including phenoxy) is 4. The maximum absolute atomic E-state index is 6.95. The maximum atomic E-state index is 6.95. The number of fused-ring (bicyclic) bond motifs is 1. The molecule has 1 heterocycles. The van der Waals surface area contributed by atoms with Crippen LogP contribution in [0.25, 0.3) is 0 Å². The lowest BCUT2D eigenvalue weighted by Crippen LogP contribution is -2.58. The monoisotopic (exact) mass is 566 g/mol. The van der Waals surface area contributed by atoms with Gasteiger partial charge in [0.2, 0.25) is 0 Å². The summed E-state index contributed by atoms with van der Waals surface area (Å²) in [5.74, 6) is 3.40. The lowest BCUT2D eigenvalue weighted by atomic mass is 9.57. The SMILES string of the molecule is COc1ccc(C2(c3ccc(OC)cc3)OOC(c3ccc(OC)cc3)(c3ccc(OC)cc3)[C@H]3CCCC[C@@H]32)cc1. The molecule has 42 heavy (non-hydrogen) atoms. The van der Waals surface area contributed by atoms with Crippen LogP contribution in [0, 0.1) is 11.8 Å². The molecule has 0 spiro atoms. The Balaban J connectivity index is 1.57. The van der Waals surface area contributed by atoms with E-state index in [1.54, 1.807) is 28.4 Å². The summed E-state index contributed by atoms with van der Waals surface area (Å²) < 4.78 is 22.0. The van der Waals surface area contributed by atoms with E-state index in [9.17, 15) is 0 Å². The van der Waals surface area contributed by atoms with Crippen LogP contribution in [0.4, 0.5) is 0 Å². The van der Waals surface area contributed by atoms with Gasteiger partial charge in [0.15, 0.2) is 11.2 Å². The van der Waals surface area contributed by atoms with Crippen molar-refractivity contribution in [2.24, 2.45) is 11.8 Å². The Hall–Kier alpha value is -4.00. The third-order valence-electron chi connectivity index (χ3n) is 9.19. The second-order valence-corrected chi connectivity index (χ2v) is 11.0. The van der Waals surface area contributed by atoms with Gasteiger partial charge in [0.25, 0.3) is 0 Å². The molecule has 6 heteroatoms. The van der Waals surface area contributed by atoms with E-state index >= 15 is 0 Å². The van der Waals surface area contributed by atoms with Crippen LogP contribution in [0.5, 0.6) is 23.0 Å².